The minimum atomic E-state index is -2.61. The van der Waals surface area contributed by atoms with Crippen molar-refractivity contribution in [1.29, 1.82) is 0 Å². The first-order valence-electron chi connectivity index (χ1n) is 7.43. The summed E-state index contributed by atoms with van der Waals surface area (Å²) in [6, 6.07) is 0. The van der Waals surface area contributed by atoms with Gasteiger partial charge in [-0.3, -0.25) is 14.4 Å². The summed E-state index contributed by atoms with van der Waals surface area (Å²) in [5.41, 5.74) is 0. The lowest BCUT2D eigenvalue weighted by molar-refractivity contribution is 0.304. The average molecular weight is 308 g/mol. The fraction of sp³-hybridized carbons (Fsp3) is 1.00. The second-order valence-electron chi connectivity index (χ2n) is 5.91. The maximum atomic E-state index is 13.2. The Balaban J connectivity index is 4.95. The first-order chi connectivity index (χ1) is 8.69. The van der Waals surface area contributed by atoms with E-state index in [4.69, 9.17) is 4.21 Å². The molecule has 0 saturated heterocycles. The van der Waals surface area contributed by atoms with Gasteiger partial charge in [0, 0.05) is 0 Å². The molecule has 0 atom stereocenters. The zero-order chi connectivity index (χ0) is 15.1. The molecule has 0 heterocycles. The van der Waals surface area contributed by atoms with Crippen molar-refractivity contribution < 1.29 is 8.78 Å². The molecule has 0 aliphatic heterocycles. The highest BCUT2D eigenvalue weighted by Crippen LogP contribution is 2.50. The summed E-state index contributed by atoms with van der Waals surface area (Å²) in [6.45, 7) is 18.5. The van der Waals surface area contributed by atoms with Crippen molar-refractivity contribution in [2.24, 2.45) is 0 Å². The highest BCUT2D eigenvalue weighted by atomic mass is 31.2. The Morgan fingerprint density at radius 3 is 1.37 bits per heavy atom. The van der Waals surface area contributed by atoms with E-state index >= 15 is 0 Å². The van der Waals surface area contributed by atoms with Crippen LogP contribution in [0, 0.1) is 0 Å². The minimum absolute atomic E-state index is 0.584. The maximum absolute atomic E-state index is 13.2. The summed E-state index contributed by atoms with van der Waals surface area (Å²) in [4.78, 5) is 4.43. The third-order valence-corrected chi connectivity index (χ3v) is 8.24. The summed E-state index contributed by atoms with van der Waals surface area (Å²) in [5.74, 6) is 0. The molecule has 4 nitrogen and oxygen atoms in total. The molecule has 0 aromatic rings. The monoisotopic (exact) mass is 308 g/mol. The van der Waals surface area contributed by atoms with Crippen molar-refractivity contribution in [1.82, 2.24) is 9.80 Å². The fourth-order valence-corrected chi connectivity index (χ4v) is 8.62. The van der Waals surface area contributed by atoms with Gasteiger partial charge in [0.05, 0.1) is 12.6 Å². The normalized spacial score (nSPS) is 13.5. The first kappa shape index (κ1) is 19.3. The standard InChI is InChI=1S/C13H33N2O2PSi/c1-8-14(9-2)12-18(16,17-19(5,6)7)13-15(10-3)11-4/h8-13H2,1-7H3. The van der Waals surface area contributed by atoms with Gasteiger partial charge in [-0.05, 0) is 45.8 Å². The van der Waals surface area contributed by atoms with Crippen LogP contribution < -0.4 is 0 Å². The van der Waals surface area contributed by atoms with E-state index in [9.17, 15) is 4.57 Å². The second kappa shape index (κ2) is 8.58. The molecule has 0 aliphatic rings. The lowest BCUT2D eigenvalue weighted by Gasteiger charge is -2.33. The average Bonchev–Trinajstić information content (AvgIpc) is 2.31. The third-order valence-electron chi connectivity index (χ3n) is 3.06. The Hall–Kier alpha value is 0.327. The van der Waals surface area contributed by atoms with E-state index < -0.39 is 15.7 Å². The van der Waals surface area contributed by atoms with Crippen molar-refractivity contribution in [2.45, 2.75) is 47.3 Å². The van der Waals surface area contributed by atoms with Crippen molar-refractivity contribution >= 4 is 15.7 Å². The third kappa shape index (κ3) is 8.26. The van der Waals surface area contributed by atoms with Crippen LogP contribution in [0.2, 0.25) is 19.6 Å². The molecule has 0 saturated carbocycles. The molecule has 19 heavy (non-hydrogen) atoms. The van der Waals surface area contributed by atoms with E-state index in [-0.39, 0.29) is 0 Å². The SMILES string of the molecule is CCN(CC)CP(=O)(CN(CC)CC)O[Si](C)(C)C. The molecule has 0 rings (SSSR count). The summed E-state index contributed by atoms with van der Waals surface area (Å²) in [5, 5.41) is 0. The quantitative estimate of drug-likeness (QED) is 0.455. The Morgan fingerprint density at radius 1 is 0.842 bits per heavy atom. The largest absolute Gasteiger partial charge is 0.368 e. The van der Waals surface area contributed by atoms with Crippen molar-refractivity contribution in [3.8, 4) is 0 Å². The molecule has 0 unspecified atom stereocenters. The van der Waals surface area contributed by atoms with Gasteiger partial charge in [0.2, 0.25) is 7.37 Å². The summed E-state index contributed by atoms with van der Waals surface area (Å²) >= 11 is 0. The predicted octanol–water partition coefficient (Wildman–Crippen LogP) is 3.71. The predicted molar refractivity (Wildman–Crippen MR) is 87.6 cm³/mol. The number of hydrogen-bond acceptors (Lipinski definition) is 4. The highest BCUT2D eigenvalue weighted by molar-refractivity contribution is 7.60. The van der Waals surface area contributed by atoms with Crippen molar-refractivity contribution in [3.63, 3.8) is 0 Å². The molecule has 0 bridgehead atoms. The van der Waals surface area contributed by atoms with Crippen LogP contribution in [0.15, 0.2) is 0 Å². The molecule has 6 heteroatoms. The van der Waals surface area contributed by atoms with Gasteiger partial charge in [-0.25, -0.2) is 0 Å². The molecule has 0 spiro atoms. The summed E-state index contributed by atoms with van der Waals surface area (Å²) in [6.07, 6.45) is 1.17. The Kier molecular flexibility index (Phi) is 8.73. The van der Waals surface area contributed by atoms with E-state index in [1.165, 1.54) is 0 Å². The van der Waals surface area contributed by atoms with Crippen LogP contribution in [-0.4, -0.2) is 56.9 Å². The molecule has 0 aliphatic carbocycles. The molecule has 0 aromatic carbocycles. The molecular formula is C13H33N2O2PSi. The van der Waals surface area contributed by atoms with Gasteiger partial charge >= 0.3 is 0 Å². The first-order valence-corrected chi connectivity index (χ1v) is 12.8. The van der Waals surface area contributed by atoms with Crippen molar-refractivity contribution in [2.75, 3.05) is 38.8 Å². The van der Waals surface area contributed by atoms with Crippen LogP contribution in [-0.2, 0) is 8.78 Å². The molecule has 0 aromatic heterocycles. The molecule has 0 amide bonds. The van der Waals surface area contributed by atoms with E-state index in [1.807, 2.05) is 0 Å². The zero-order valence-corrected chi connectivity index (χ0v) is 15.8. The minimum Gasteiger partial charge on any atom is -0.368 e. The lowest BCUT2D eigenvalue weighted by atomic mass is 10.6. The van der Waals surface area contributed by atoms with Gasteiger partial charge in [0.25, 0.3) is 0 Å². The van der Waals surface area contributed by atoms with Gasteiger partial charge in [-0.2, -0.15) is 0 Å². The van der Waals surface area contributed by atoms with Crippen molar-refractivity contribution in [3.05, 3.63) is 0 Å². The summed E-state index contributed by atoms with van der Waals surface area (Å²) in [7, 11) is -4.40. The maximum Gasteiger partial charge on any atom is 0.220 e. The topological polar surface area (TPSA) is 32.8 Å². The molecule has 0 fully saturated rings. The second-order valence-corrected chi connectivity index (χ2v) is 13.1. The smallest absolute Gasteiger partial charge is 0.220 e. The Morgan fingerprint density at radius 2 is 1.16 bits per heavy atom. The highest BCUT2D eigenvalue weighted by Gasteiger charge is 2.33. The fourth-order valence-electron chi connectivity index (χ4n) is 2.06. The molecule has 0 N–H and O–H groups in total. The van der Waals surface area contributed by atoms with Gasteiger partial charge in [0.15, 0.2) is 8.32 Å². The van der Waals surface area contributed by atoms with Gasteiger partial charge < -0.3 is 4.21 Å². The van der Waals surface area contributed by atoms with Gasteiger partial charge in [-0.15, -0.1) is 0 Å². The van der Waals surface area contributed by atoms with Crippen LogP contribution >= 0.6 is 7.37 Å². The Bertz CT molecular complexity index is 269. The van der Waals surface area contributed by atoms with E-state index in [0.717, 1.165) is 26.2 Å². The number of nitrogens with zero attached hydrogens (tertiary/aromatic N) is 2. The molecule has 0 radical (unpaired) electrons. The van der Waals surface area contributed by atoms with Crippen LogP contribution in [0.25, 0.3) is 0 Å². The zero-order valence-electron chi connectivity index (χ0n) is 13.9. The molecule has 116 valence electrons. The number of rotatable bonds is 10. The molecular weight excluding hydrogens is 275 g/mol. The van der Waals surface area contributed by atoms with Crippen LogP contribution in [0.4, 0.5) is 0 Å². The van der Waals surface area contributed by atoms with E-state index in [1.54, 1.807) is 0 Å². The van der Waals surface area contributed by atoms with Crippen LogP contribution in [0.3, 0.4) is 0 Å². The van der Waals surface area contributed by atoms with Gasteiger partial charge in [-0.1, -0.05) is 27.7 Å². The summed E-state index contributed by atoms with van der Waals surface area (Å²) < 4.78 is 19.3. The Labute approximate surface area is 121 Å². The van der Waals surface area contributed by atoms with Crippen LogP contribution in [0.1, 0.15) is 27.7 Å². The lowest BCUT2D eigenvalue weighted by Crippen LogP contribution is -2.34. The van der Waals surface area contributed by atoms with E-state index in [2.05, 4.69) is 57.1 Å². The number of hydrogen-bond donors (Lipinski definition) is 0. The van der Waals surface area contributed by atoms with Gasteiger partial charge in [0.1, 0.15) is 0 Å². The van der Waals surface area contributed by atoms with Crippen LogP contribution in [0.5, 0.6) is 0 Å². The van der Waals surface area contributed by atoms with E-state index in [0.29, 0.717) is 12.6 Å².